The average molecular weight is 244 g/mol. The van der Waals surface area contributed by atoms with Gasteiger partial charge in [-0.05, 0) is 24.6 Å². The molecule has 1 aromatic heterocycles. The molecule has 1 heterocycles. The number of furan rings is 1. The van der Waals surface area contributed by atoms with Crippen molar-refractivity contribution in [2.45, 2.75) is 19.4 Å². The molecule has 0 saturated heterocycles. The van der Waals surface area contributed by atoms with Gasteiger partial charge in [-0.2, -0.15) is 0 Å². The Hall–Kier alpha value is -0.700. The topological polar surface area (TPSA) is 39.2 Å². The van der Waals surface area contributed by atoms with Crippen LogP contribution in [0.1, 0.15) is 25.1 Å². The third-order valence-corrected chi connectivity index (χ3v) is 2.86. The number of rotatable bonds is 2. The van der Waals surface area contributed by atoms with E-state index < -0.39 is 0 Å². The first-order chi connectivity index (χ1) is 7.11. The van der Waals surface area contributed by atoms with E-state index in [0.717, 1.165) is 17.6 Å². The zero-order valence-electron chi connectivity index (χ0n) is 8.26. The third-order valence-electron chi connectivity index (χ3n) is 2.36. The van der Waals surface area contributed by atoms with Gasteiger partial charge in [-0.1, -0.05) is 30.1 Å². The lowest BCUT2D eigenvalue weighted by molar-refractivity contribution is 0.488. The second-order valence-electron chi connectivity index (χ2n) is 3.47. The Balaban J connectivity index is 2.60. The van der Waals surface area contributed by atoms with Crippen LogP contribution in [-0.4, -0.2) is 0 Å². The lowest BCUT2D eigenvalue weighted by Crippen LogP contribution is -2.06. The van der Waals surface area contributed by atoms with Gasteiger partial charge in [0.25, 0.3) is 0 Å². The lowest BCUT2D eigenvalue weighted by atomic mass is 10.2. The molecule has 0 spiro atoms. The molecule has 15 heavy (non-hydrogen) atoms. The summed E-state index contributed by atoms with van der Waals surface area (Å²) in [6.07, 6.45) is 0.825. The molecule has 1 atom stereocenters. The van der Waals surface area contributed by atoms with Crippen LogP contribution in [0.3, 0.4) is 0 Å². The predicted molar refractivity (Wildman–Crippen MR) is 63.5 cm³/mol. The highest BCUT2D eigenvalue weighted by molar-refractivity contribution is 6.38. The summed E-state index contributed by atoms with van der Waals surface area (Å²) in [6.45, 7) is 2.01. The first kappa shape index (κ1) is 10.8. The molecule has 2 aromatic rings. The Kier molecular flexibility index (Phi) is 2.91. The number of halogens is 2. The van der Waals surface area contributed by atoms with E-state index in [0.29, 0.717) is 15.6 Å². The van der Waals surface area contributed by atoms with Gasteiger partial charge in [0.05, 0.1) is 11.1 Å². The summed E-state index contributed by atoms with van der Waals surface area (Å²) in [4.78, 5) is 0. The number of benzene rings is 1. The summed E-state index contributed by atoms with van der Waals surface area (Å²) in [5.74, 6) is 0.747. The summed E-state index contributed by atoms with van der Waals surface area (Å²) < 4.78 is 5.59. The van der Waals surface area contributed by atoms with Crippen molar-refractivity contribution >= 4 is 34.2 Å². The molecule has 0 radical (unpaired) electrons. The molecule has 0 aliphatic carbocycles. The van der Waals surface area contributed by atoms with Crippen LogP contribution in [0.25, 0.3) is 11.0 Å². The highest BCUT2D eigenvalue weighted by Gasteiger charge is 2.12. The summed E-state index contributed by atoms with van der Waals surface area (Å²) in [7, 11) is 0. The van der Waals surface area contributed by atoms with Crippen LogP contribution in [0.15, 0.2) is 22.6 Å². The maximum absolute atomic E-state index is 6.00. The van der Waals surface area contributed by atoms with Crippen molar-refractivity contribution in [2.24, 2.45) is 5.73 Å². The minimum Gasteiger partial charge on any atom is -0.458 e. The van der Waals surface area contributed by atoms with Gasteiger partial charge in [0.2, 0.25) is 0 Å². The highest BCUT2D eigenvalue weighted by atomic mass is 35.5. The van der Waals surface area contributed by atoms with E-state index in [-0.39, 0.29) is 6.04 Å². The minimum atomic E-state index is -0.0905. The number of hydrogen-bond donors (Lipinski definition) is 1. The van der Waals surface area contributed by atoms with Crippen molar-refractivity contribution in [3.8, 4) is 0 Å². The maximum atomic E-state index is 6.00. The molecule has 1 unspecified atom stereocenters. The van der Waals surface area contributed by atoms with E-state index in [2.05, 4.69) is 0 Å². The maximum Gasteiger partial charge on any atom is 0.153 e. The molecule has 0 saturated carbocycles. The molecular weight excluding hydrogens is 233 g/mol. The first-order valence-electron chi connectivity index (χ1n) is 4.76. The molecule has 2 N–H and O–H groups in total. The first-order valence-corrected chi connectivity index (χ1v) is 5.51. The van der Waals surface area contributed by atoms with Crippen molar-refractivity contribution in [2.75, 3.05) is 0 Å². The van der Waals surface area contributed by atoms with Crippen LogP contribution in [0.5, 0.6) is 0 Å². The Morgan fingerprint density at radius 1 is 1.33 bits per heavy atom. The molecule has 80 valence electrons. The Morgan fingerprint density at radius 2 is 2.07 bits per heavy atom. The molecular formula is C11H11Cl2NO. The second-order valence-corrected chi connectivity index (χ2v) is 4.31. The van der Waals surface area contributed by atoms with Gasteiger partial charge in [0, 0.05) is 10.4 Å². The van der Waals surface area contributed by atoms with E-state index >= 15 is 0 Å². The SMILES string of the molecule is CCC(N)c1cc2cc(Cl)cc(Cl)c2o1. The van der Waals surface area contributed by atoms with Crippen molar-refractivity contribution in [1.82, 2.24) is 0 Å². The van der Waals surface area contributed by atoms with Crippen molar-refractivity contribution in [3.63, 3.8) is 0 Å². The Labute approximate surface area is 97.9 Å². The van der Waals surface area contributed by atoms with Crippen LogP contribution >= 0.6 is 23.2 Å². The van der Waals surface area contributed by atoms with E-state index in [1.165, 1.54) is 0 Å². The fourth-order valence-electron chi connectivity index (χ4n) is 1.48. The van der Waals surface area contributed by atoms with Crippen LogP contribution in [0.2, 0.25) is 10.0 Å². The Morgan fingerprint density at radius 3 is 2.73 bits per heavy atom. The number of hydrogen-bond acceptors (Lipinski definition) is 2. The third kappa shape index (κ3) is 1.98. The van der Waals surface area contributed by atoms with Crippen LogP contribution in [-0.2, 0) is 0 Å². The predicted octanol–water partition coefficient (Wildman–Crippen LogP) is 4.15. The lowest BCUT2D eigenvalue weighted by Gasteiger charge is -2.02. The smallest absolute Gasteiger partial charge is 0.153 e. The fourth-order valence-corrected chi connectivity index (χ4v) is 2.03. The van der Waals surface area contributed by atoms with E-state index in [1.807, 2.05) is 19.1 Å². The molecule has 0 aliphatic heterocycles. The molecule has 0 bridgehead atoms. The van der Waals surface area contributed by atoms with Gasteiger partial charge in [0.15, 0.2) is 5.58 Å². The average Bonchev–Trinajstić information content (AvgIpc) is 2.60. The summed E-state index contributed by atoms with van der Waals surface area (Å²) >= 11 is 11.9. The molecule has 4 heteroatoms. The van der Waals surface area contributed by atoms with Gasteiger partial charge in [0.1, 0.15) is 5.76 Å². The van der Waals surface area contributed by atoms with E-state index in [1.54, 1.807) is 6.07 Å². The Bertz CT molecular complexity index is 493. The van der Waals surface area contributed by atoms with Gasteiger partial charge < -0.3 is 10.2 Å². The van der Waals surface area contributed by atoms with Crippen molar-refractivity contribution in [1.29, 1.82) is 0 Å². The van der Waals surface area contributed by atoms with Crippen LogP contribution < -0.4 is 5.73 Å². The highest BCUT2D eigenvalue weighted by Crippen LogP contribution is 2.32. The standard InChI is InChI=1S/C11H11Cl2NO/c1-2-9(14)10-4-6-3-7(12)5-8(13)11(6)15-10/h3-5,9H,2,14H2,1H3. The van der Waals surface area contributed by atoms with Crippen molar-refractivity contribution in [3.05, 3.63) is 34.0 Å². The van der Waals surface area contributed by atoms with Gasteiger partial charge in [-0.15, -0.1) is 0 Å². The quantitative estimate of drug-likeness (QED) is 0.861. The molecule has 2 nitrogen and oxygen atoms in total. The molecule has 2 rings (SSSR count). The summed E-state index contributed by atoms with van der Waals surface area (Å²) in [5, 5.41) is 2.02. The van der Waals surface area contributed by atoms with E-state index in [4.69, 9.17) is 33.4 Å². The largest absolute Gasteiger partial charge is 0.458 e. The second kappa shape index (κ2) is 4.05. The minimum absolute atomic E-state index is 0.0905. The van der Waals surface area contributed by atoms with Crippen LogP contribution in [0, 0.1) is 0 Å². The van der Waals surface area contributed by atoms with Gasteiger partial charge in [-0.25, -0.2) is 0 Å². The monoisotopic (exact) mass is 243 g/mol. The summed E-state index contributed by atoms with van der Waals surface area (Å²) in [5.41, 5.74) is 6.53. The van der Waals surface area contributed by atoms with Crippen molar-refractivity contribution < 1.29 is 4.42 Å². The number of fused-ring (bicyclic) bond motifs is 1. The fraction of sp³-hybridized carbons (Fsp3) is 0.273. The normalized spacial score (nSPS) is 13.3. The van der Waals surface area contributed by atoms with Gasteiger partial charge >= 0.3 is 0 Å². The summed E-state index contributed by atoms with van der Waals surface area (Å²) in [6, 6.07) is 5.28. The van der Waals surface area contributed by atoms with E-state index in [9.17, 15) is 0 Å². The number of nitrogens with two attached hydrogens (primary N) is 1. The van der Waals surface area contributed by atoms with Gasteiger partial charge in [-0.3, -0.25) is 0 Å². The zero-order chi connectivity index (χ0) is 11.0. The molecule has 1 aromatic carbocycles. The molecule has 0 aliphatic rings. The van der Waals surface area contributed by atoms with Crippen LogP contribution in [0.4, 0.5) is 0 Å². The molecule has 0 amide bonds. The molecule has 0 fully saturated rings. The zero-order valence-corrected chi connectivity index (χ0v) is 9.77.